The molecule has 0 unspecified atom stereocenters. The number of amides is 1. The minimum atomic E-state index is 0.0955. The van der Waals surface area contributed by atoms with E-state index in [0.717, 1.165) is 52.5 Å². The van der Waals surface area contributed by atoms with Gasteiger partial charge in [-0.25, -0.2) is 0 Å². The van der Waals surface area contributed by atoms with Gasteiger partial charge < -0.3 is 9.64 Å². The Bertz CT molecular complexity index is 1130. The van der Waals surface area contributed by atoms with Crippen LogP contribution in [0.2, 0.25) is 10.0 Å². The molecule has 0 radical (unpaired) electrons. The van der Waals surface area contributed by atoms with Crippen LogP contribution in [-0.4, -0.2) is 41.9 Å². The maximum absolute atomic E-state index is 13.0. The molecule has 4 rings (SSSR count). The number of ether oxygens (including phenoxy) is 1. The number of hydrogen-bond donors (Lipinski definition) is 0. The number of benzene rings is 2. The Balaban J connectivity index is 1.31. The fourth-order valence-electron chi connectivity index (χ4n) is 4.27. The minimum Gasteiger partial charge on any atom is -0.488 e. The summed E-state index contributed by atoms with van der Waals surface area (Å²) in [5, 5.41) is 3.35. The number of piperazine rings is 1. The number of nitrogens with zero attached hydrogens (tertiary/aromatic N) is 2. The lowest BCUT2D eigenvalue weighted by atomic mass is 10.1. The second-order valence-corrected chi connectivity index (χ2v) is 10.4. The summed E-state index contributed by atoms with van der Waals surface area (Å²) in [5.74, 6) is 1.02. The molecule has 0 atom stereocenters. The lowest BCUT2D eigenvalue weighted by Crippen LogP contribution is -2.48. The number of carbonyl (C=O) groups is 1. The molecule has 0 spiro atoms. The van der Waals surface area contributed by atoms with E-state index < -0.39 is 0 Å². The van der Waals surface area contributed by atoms with E-state index in [2.05, 4.69) is 37.8 Å². The number of aryl methyl sites for hydroxylation is 3. The van der Waals surface area contributed by atoms with Crippen molar-refractivity contribution in [3.8, 4) is 5.75 Å². The summed E-state index contributed by atoms with van der Waals surface area (Å²) >= 11 is 13.8. The number of rotatable bonds is 6. The van der Waals surface area contributed by atoms with Crippen LogP contribution in [-0.2, 0) is 13.2 Å². The largest absolute Gasteiger partial charge is 0.488 e. The average molecular weight is 503 g/mol. The van der Waals surface area contributed by atoms with Crippen molar-refractivity contribution in [3.63, 3.8) is 0 Å². The van der Waals surface area contributed by atoms with Gasteiger partial charge >= 0.3 is 0 Å². The highest BCUT2D eigenvalue weighted by Crippen LogP contribution is 2.27. The summed E-state index contributed by atoms with van der Waals surface area (Å²) in [6.45, 7) is 10.5. The Hall–Kier alpha value is -2.05. The van der Waals surface area contributed by atoms with Gasteiger partial charge in [0.05, 0.1) is 4.88 Å². The molecule has 2 heterocycles. The van der Waals surface area contributed by atoms with Gasteiger partial charge in [-0.3, -0.25) is 9.69 Å². The molecule has 1 aliphatic heterocycles. The maximum atomic E-state index is 13.0. The smallest absolute Gasteiger partial charge is 0.264 e. The van der Waals surface area contributed by atoms with E-state index in [4.69, 9.17) is 27.9 Å². The number of carbonyl (C=O) groups excluding carboxylic acids is 1. The molecule has 1 amide bonds. The van der Waals surface area contributed by atoms with E-state index in [-0.39, 0.29) is 5.91 Å². The molecule has 0 aliphatic carbocycles. The van der Waals surface area contributed by atoms with Gasteiger partial charge in [0.2, 0.25) is 0 Å². The molecule has 33 heavy (non-hydrogen) atoms. The first-order chi connectivity index (χ1) is 15.8. The topological polar surface area (TPSA) is 32.8 Å². The molecule has 2 aromatic carbocycles. The van der Waals surface area contributed by atoms with Crippen LogP contribution in [0, 0.1) is 20.8 Å². The molecule has 0 saturated carbocycles. The predicted octanol–water partition coefficient (Wildman–Crippen LogP) is 6.52. The standard InChI is InChI=1S/C26H28Cl2N2O2S/c1-17-10-18(2)25(19(3)11-17)32-15-20-12-24(33-16-20)26(31)30-8-6-29(7-9-30)14-21-4-5-22(27)13-23(21)28/h4-5,10-13,16H,6-9,14-15H2,1-3H3. The second-order valence-electron chi connectivity index (χ2n) is 8.64. The van der Waals surface area contributed by atoms with Crippen LogP contribution < -0.4 is 4.74 Å². The van der Waals surface area contributed by atoms with Gasteiger partial charge in [-0.2, -0.15) is 0 Å². The Morgan fingerprint density at radius 1 is 1.00 bits per heavy atom. The fraction of sp³-hybridized carbons (Fsp3) is 0.346. The number of hydrogen-bond acceptors (Lipinski definition) is 4. The Morgan fingerprint density at radius 3 is 2.36 bits per heavy atom. The first-order valence-corrected chi connectivity index (χ1v) is 12.7. The molecule has 1 aliphatic rings. The van der Waals surface area contributed by atoms with E-state index in [9.17, 15) is 4.79 Å². The SMILES string of the molecule is Cc1cc(C)c(OCc2csc(C(=O)N3CCN(Cc4ccc(Cl)cc4Cl)CC3)c2)c(C)c1. The molecule has 0 bridgehead atoms. The van der Waals surface area contributed by atoms with E-state index in [0.29, 0.717) is 29.7 Å². The van der Waals surface area contributed by atoms with E-state index >= 15 is 0 Å². The third kappa shape index (κ3) is 5.90. The normalized spacial score (nSPS) is 14.5. The zero-order valence-electron chi connectivity index (χ0n) is 19.2. The van der Waals surface area contributed by atoms with Crippen LogP contribution in [0.5, 0.6) is 5.75 Å². The van der Waals surface area contributed by atoms with Crippen LogP contribution in [0.1, 0.15) is 37.5 Å². The molecular weight excluding hydrogens is 475 g/mol. The van der Waals surface area contributed by atoms with Gasteiger partial charge in [0.1, 0.15) is 12.4 Å². The van der Waals surface area contributed by atoms with Gasteiger partial charge in [0.25, 0.3) is 5.91 Å². The highest BCUT2D eigenvalue weighted by atomic mass is 35.5. The highest BCUT2D eigenvalue weighted by molar-refractivity contribution is 7.12. The zero-order valence-corrected chi connectivity index (χ0v) is 21.5. The molecule has 1 saturated heterocycles. The lowest BCUT2D eigenvalue weighted by molar-refractivity contribution is 0.0633. The minimum absolute atomic E-state index is 0.0955. The number of thiophene rings is 1. The molecule has 7 heteroatoms. The van der Waals surface area contributed by atoms with Crippen molar-refractivity contribution in [3.05, 3.63) is 84.5 Å². The van der Waals surface area contributed by atoms with Gasteiger partial charge in [-0.05, 0) is 61.0 Å². The fourth-order valence-corrected chi connectivity index (χ4v) is 5.60. The Morgan fingerprint density at radius 2 is 1.70 bits per heavy atom. The number of halogens is 2. The van der Waals surface area contributed by atoms with E-state index in [1.54, 1.807) is 6.07 Å². The van der Waals surface area contributed by atoms with Crippen LogP contribution in [0.25, 0.3) is 0 Å². The predicted molar refractivity (Wildman–Crippen MR) is 137 cm³/mol. The zero-order chi connectivity index (χ0) is 23.5. The summed E-state index contributed by atoms with van der Waals surface area (Å²) < 4.78 is 6.09. The monoisotopic (exact) mass is 502 g/mol. The quantitative estimate of drug-likeness (QED) is 0.384. The molecule has 0 N–H and O–H groups in total. The van der Waals surface area contributed by atoms with Crippen LogP contribution in [0.4, 0.5) is 0 Å². The van der Waals surface area contributed by atoms with Crippen molar-refractivity contribution in [1.82, 2.24) is 9.80 Å². The summed E-state index contributed by atoms with van der Waals surface area (Å²) in [6, 6.07) is 11.8. The van der Waals surface area contributed by atoms with Crippen LogP contribution in [0.3, 0.4) is 0 Å². The van der Waals surface area contributed by atoms with Crippen molar-refractivity contribution < 1.29 is 9.53 Å². The van der Waals surface area contributed by atoms with Gasteiger partial charge in [-0.1, -0.05) is 47.0 Å². The van der Waals surface area contributed by atoms with Crippen LogP contribution in [0.15, 0.2) is 41.8 Å². The second kappa shape index (κ2) is 10.5. The van der Waals surface area contributed by atoms with Crippen molar-refractivity contribution in [1.29, 1.82) is 0 Å². The van der Waals surface area contributed by atoms with Crippen molar-refractivity contribution in [2.75, 3.05) is 26.2 Å². The average Bonchev–Trinajstić information content (AvgIpc) is 3.24. The third-order valence-corrected chi connectivity index (χ3v) is 7.47. The van der Waals surface area contributed by atoms with Gasteiger partial charge in [0.15, 0.2) is 0 Å². The highest BCUT2D eigenvalue weighted by Gasteiger charge is 2.24. The molecular formula is C26H28Cl2N2O2S. The van der Waals surface area contributed by atoms with E-state index in [1.807, 2.05) is 28.5 Å². The summed E-state index contributed by atoms with van der Waals surface area (Å²) in [6.07, 6.45) is 0. The molecule has 4 nitrogen and oxygen atoms in total. The molecule has 174 valence electrons. The van der Waals surface area contributed by atoms with E-state index in [1.165, 1.54) is 16.9 Å². The lowest BCUT2D eigenvalue weighted by Gasteiger charge is -2.34. The third-order valence-electron chi connectivity index (χ3n) is 5.92. The van der Waals surface area contributed by atoms with Crippen molar-refractivity contribution >= 4 is 40.4 Å². The molecule has 3 aromatic rings. The van der Waals surface area contributed by atoms with Crippen molar-refractivity contribution in [2.45, 2.75) is 33.9 Å². The Labute approximate surface area is 209 Å². The summed E-state index contributed by atoms with van der Waals surface area (Å²) in [5.41, 5.74) is 5.59. The molecule has 1 aromatic heterocycles. The maximum Gasteiger partial charge on any atom is 0.264 e. The first-order valence-electron chi connectivity index (χ1n) is 11.0. The summed E-state index contributed by atoms with van der Waals surface area (Å²) in [4.78, 5) is 18.0. The van der Waals surface area contributed by atoms with Gasteiger partial charge in [-0.15, -0.1) is 11.3 Å². The summed E-state index contributed by atoms with van der Waals surface area (Å²) in [7, 11) is 0. The Kier molecular flexibility index (Phi) is 7.65. The van der Waals surface area contributed by atoms with Crippen molar-refractivity contribution in [2.24, 2.45) is 0 Å². The first kappa shape index (κ1) is 24.1. The molecule has 1 fully saturated rings. The van der Waals surface area contributed by atoms with Crippen LogP contribution >= 0.6 is 34.5 Å². The van der Waals surface area contributed by atoms with Gasteiger partial charge in [0, 0.05) is 48.3 Å².